The van der Waals surface area contributed by atoms with Crippen LogP contribution in [0.1, 0.15) is 22.3 Å². The van der Waals surface area contributed by atoms with Crippen molar-refractivity contribution in [3.63, 3.8) is 0 Å². The first-order valence-corrected chi connectivity index (χ1v) is 13.6. The molecule has 190 valence electrons. The molecule has 1 fully saturated rings. The molecule has 5 rings (SSSR count). The monoisotopic (exact) mass is 558 g/mol. The van der Waals surface area contributed by atoms with Gasteiger partial charge in [0, 0.05) is 0 Å². The topological polar surface area (TPSA) is 41.9 Å². The van der Waals surface area contributed by atoms with Crippen LogP contribution in [0.3, 0.4) is 0 Å². The highest BCUT2D eigenvalue weighted by Gasteiger charge is 2.34. The van der Waals surface area contributed by atoms with Gasteiger partial charge in [-0.3, -0.25) is 9.69 Å². The summed E-state index contributed by atoms with van der Waals surface area (Å²) in [6, 6.07) is 29.0. The third-order valence-electron chi connectivity index (χ3n) is 5.90. The van der Waals surface area contributed by atoms with Crippen molar-refractivity contribution in [3.8, 4) is 5.75 Å². The van der Waals surface area contributed by atoms with Gasteiger partial charge in [-0.2, -0.15) is 0 Å². The van der Waals surface area contributed by atoms with Crippen LogP contribution >= 0.6 is 35.0 Å². The molecular formula is C31H24Cl2N2O2S. The number of aliphatic imine (C=N–C) groups is 1. The molecule has 1 aliphatic rings. The molecule has 1 saturated heterocycles. The Morgan fingerprint density at radius 3 is 2.11 bits per heavy atom. The van der Waals surface area contributed by atoms with Crippen LogP contribution in [-0.2, 0) is 11.4 Å². The molecule has 1 aliphatic heterocycles. The van der Waals surface area contributed by atoms with Crippen LogP contribution in [0, 0.1) is 13.8 Å². The number of carbonyl (C=O) groups excluding carboxylic acids is 1. The average molecular weight is 560 g/mol. The predicted molar refractivity (Wildman–Crippen MR) is 160 cm³/mol. The lowest BCUT2D eigenvalue weighted by molar-refractivity contribution is -0.113. The summed E-state index contributed by atoms with van der Waals surface area (Å²) in [5, 5.41) is 1.33. The van der Waals surface area contributed by atoms with E-state index in [1.54, 1.807) is 23.1 Å². The fourth-order valence-electron chi connectivity index (χ4n) is 3.88. The van der Waals surface area contributed by atoms with E-state index in [2.05, 4.69) is 0 Å². The number of hydrogen-bond donors (Lipinski definition) is 0. The number of nitrogens with zero attached hydrogens (tertiary/aromatic N) is 2. The van der Waals surface area contributed by atoms with E-state index in [0.29, 0.717) is 38.0 Å². The first-order valence-electron chi connectivity index (χ1n) is 12.0. The summed E-state index contributed by atoms with van der Waals surface area (Å²) < 4.78 is 5.89. The normalized spacial score (nSPS) is 15.5. The Morgan fingerprint density at radius 1 is 0.868 bits per heavy atom. The Bertz CT molecular complexity index is 1510. The van der Waals surface area contributed by atoms with Gasteiger partial charge in [0.15, 0.2) is 10.9 Å². The predicted octanol–water partition coefficient (Wildman–Crippen LogP) is 9.00. The lowest BCUT2D eigenvalue weighted by Crippen LogP contribution is -2.28. The number of amides is 1. The number of hydrogen-bond acceptors (Lipinski definition) is 4. The molecule has 7 heteroatoms. The zero-order valence-corrected chi connectivity index (χ0v) is 23.1. The Morgan fingerprint density at radius 2 is 1.47 bits per heavy atom. The van der Waals surface area contributed by atoms with Crippen LogP contribution < -0.4 is 9.64 Å². The van der Waals surface area contributed by atoms with Gasteiger partial charge in [-0.25, -0.2) is 4.99 Å². The number of ether oxygens (including phenoxy) is 1. The summed E-state index contributed by atoms with van der Waals surface area (Å²) in [6.45, 7) is 4.38. The molecule has 0 saturated carbocycles. The smallest absolute Gasteiger partial charge is 0.271 e. The summed E-state index contributed by atoms with van der Waals surface area (Å²) in [5.74, 6) is 0.244. The summed E-state index contributed by atoms with van der Waals surface area (Å²) in [7, 11) is 0. The Balaban J connectivity index is 1.46. The number of aryl methyl sites for hydroxylation is 2. The maximum absolute atomic E-state index is 13.6. The van der Waals surface area contributed by atoms with Gasteiger partial charge in [0.25, 0.3) is 5.91 Å². The van der Waals surface area contributed by atoms with Gasteiger partial charge in [-0.15, -0.1) is 0 Å². The number of thioether (sulfide) groups is 1. The lowest BCUT2D eigenvalue weighted by Gasteiger charge is -2.16. The summed E-state index contributed by atoms with van der Waals surface area (Å²) in [4.78, 5) is 20.6. The molecule has 1 heterocycles. The summed E-state index contributed by atoms with van der Waals surface area (Å²) in [5.41, 5.74) is 5.49. The van der Waals surface area contributed by atoms with Gasteiger partial charge in [-0.05, 0) is 79.2 Å². The van der Waals surface area contributed by atoms with Crippen LogP contribution in [0.4, 0.5) is 11.4 Å². The van der Waals surface area contributed by atoms with E-state index in [4.69, 9.17) is 32.9 Å². The van der Waals surface area contributed by atoms with Crippen molar-refractivity contribution in [1.82, 2.24) is 0 Å². The van der Waals surface area contributed by atoms with Gasteiger partial charge in [0.05, 0.1) is 26.3 Å². The van der Waals surface area contributed by atoms with Crippen molar-refractivity contribution in [2.45, 2.75) is 20.5 Å². The molecule has 0 aliphatic carbocycles. The van der Waals surface area contributed by atoms with Crippen molar-refractivity contribution in [1.29, 1.82) is 0 Å². The molecule has 4 aromatic carbocycles. The average Bonchev–Trinajstić information content (AvgIpc) is 3.20. The second-order valence-corrected chi connectivity index (χ2v) is 10.7. The number of benzene rings is 4. The molecule has 38 heavy (non-hydrogen) atoms. The van der Waals surface area contributed by atoms with Gasteiger partial charge >= 0.3 is 0 Å². The van der Waals surface area contributed by atoms with Crippen molar-refractivity contribution in [2.24, 2.45) is 4.99 Å². The van der Waals surface area contributed by atoms with Crippen LogP contribution in [0.25, 0.3) is 6.08 Å². The second kappa shape index (κ2) is 11.5. The van der Waals surface area contributed by atoms with E-state index in [-0.39, 0.29) is 5.91 Å². The van der Waals surface area contributed by atoms with E-state index in [1.165, 1.54) is 11.8 Å². The van der Waals surface area contributed by atoms with Crippen LogP contribution in [-0.4, -0.2) is 11.1 Å². The Kier molecular flexibility index (Phi) is 7.89. The number of carbonyl (C=O) groups is 1. The molecular weight excluding hydrogens is 535 g/mol. The molecule has 0 unspecified atom stereocenters. The Hall–Kier alpha value is -3.51. The van der Waals surface area contributed by atoms with Crippen molar-refractivity contribution in [3.05, 3.63) is 128 Å². The highest BCUT2D eigenvalue weighted by atomic mass is 35.5. The molecule has 0 atom stereocenters. The molecule has 0 spiro atoms. The third-order valence-corrected chi connectivity index (χ3v) is 7.43. The Labute approximate surface area is 236 Å². The van der Waals surface area contributed by atoms with Crippen molar-refractivity contribution >= 4 is 63.5 Å². The van der Waals surface area contributed by atoms with E-state index < -0.39 is 0 Å². The number of amidine groups is 1. The van der Waals surface area contributed by atoms with Gasteiger partial charge < -0.3 is 4.74 Å². The second-order valence-electron chi connectivity index (χ2n) is 8.90. The molecule has 0 bridgehead atoms. The third kappa shape index (κ3) is 5.97. The fourth-order valence-corrected chi connectivity index (χ4v) is 5.50. The largest absolute Gasteiger partial charge is 0.486 e. The quantitative estimate of drug-likeness (QED) is 0.222. The minimum absolute atomic E-state index is 0.165. The van der Waals surface area contributed by atoms with E-state index >= 15 is 0 Å². The first-order chi connectivity index (χ1) is 18.4. The zero-order valence-electron chi connectivity index (χ0n) is 20.8. The van der Waals surface area contributed by atoms with E-state index in [1.807, 2.05) is 92.7 Å². The molecule has 4 nitrogen and oxygen atoms in total. The number of anilines is 1. The number of rotatable bonds is 6. The fraction of sp³-hybridized carbons (Fsp3) is 0.0968. The first kappa shape index (κ1) is 26.1. The summed E-state index contributed by atoms with van der Waals surface area (Å²) >= 11 is 14.4. The maximum Gasteiger partial charge on any atom is 0.271 e. The highest BCUT2D eigenvalue weighted by molar-refractivity contribution is 8.19. The van der Waals surface area contributed by atoms with Crippen LogP contribution in [0.15, 0.2) is 101 Å². The van der Waals surface area contributed by atoms with Gasteiger partial charge in [-0.1, -0.05) is 88.9 Å². The standard InChI is InChI=1S/C31H24Cl2N2O2S/c1-20-8-12-24(13-9-20)34-31-35(25-14-10-21(2)11-15-25)30(36)28(38-31)18-23-16-26(32)29(27(33)17-23)37-19-22-6-4-3-5-7-22/h3-18H,19H2,1-2H3/b28-18-,34-31?. The van der Waals surface area contributed by atoms with Gasteiger partial charge in [0.1, 0.15) is 6.61 Å². The van der Waals surface area contributed by atoms with E-state index in [9.17, 15) is 4.79 Å². The lowest BCUT2D eigenvalue weighted by atomic mass is 10.2. The van der Waals surface area contributed by atoms with Crippen LogP contribution in [0.5, 0.6) is 5.75 Å². The minimum atomic E-state index is -0.165. The highest BCUT2D eigenvalue weighted by Crippen LogP contribution is 2.40. The molecule has 0 aromatic heterocycles. The SMILES string of the molecule is Cc1ccc(N=C2S/C(=C\c3cc(Cl)c(OCc4ccccc4)c(Cl)c3)C(=O)N2c2ccc(C)cc2)cc1. The van der Waals surface area contributed by atoms with E-state index in [0.717, 1.165) is 28.1 Å². The molecule has 0 radical (unpaired) electrons. The molecule has 1 amide bonds. The maximum atomic E-state index is 13.6. The summed E-state index contributed by atoms with van der Waals surface area (Å²) in [6.07, 6.45) is 1.78. The van der Waals surface area contributed by atoms with Crippen molar-refractivity contribution in [2.75, 3.05) is 4.90 Å². The molecule has 4 aromatic rings. The van der Waals surface area contributed by atoms with Gasteiger partial charge in [0.2, 0.25) is 0 Å². The molecule has 0 N–H and O–H groups in total. The minimum Gasteiger partial charge on any atom is -0.486 e. The van der Waals surface area contributed by atoms with Crippen LogP contribution in [0.2, 0.25) is 10.0 Å². The van der Waals surface area contributed by atoms with Crippen molar-refractivity contribution < 1.29 is 9.53 Å². The number of halogens is 2. The zero-order chi connectivity index (χ0) is 26.6.